The first-order valence-electron chi connectivity index (χ1n) is 8.14. The highest BCUT2D eigenvalue weighted by molar-refractivity contribution is 5.25. The molecule has 0 aromatic heterocycles. The van der Waals surface area contributed by atoms with E-state index < -0.39 is 17.7 Å². The number of hydrogen-bond donors (Lipinski definition) is 0. The summed E-state index contributed by atoms with van der Waals surface area (Å²) < 4.78 is 58.6. The van der Waals surface area contributed by atoms with Crippen molar-refractivity contribution in [3.63, 3.8) is 0 Å². The number of benzene rings is 1. The van der Waals surface area contributed by atoms with Gasteiger partial charge in [0.25, 0.3) is 0 Å². The Bertz CT molecular complexity index is 651. The molecule has 1 aromatic rings. The van der Waals surface area contributed by atoms with Crippen LogP contribution >= 0.6 is 0 Å². The second kappa shape index (κ2) is 7.60. The van der Waals surface area contributed by atoms with E-state index in [2.05, 4.69) is 0 Å². The van der Waals surface area contributed by atoms with E-state index in [1.54, 1.807) is 12.1 Å². The highest BCUT2D eigenvalue weighted by atomic mass is 19.4. The molecule has 0 saturated heterocycles. The van der Waals surface area contributed by atoms with Gasteiger partial charge in [-0.1, -0.05) is 18.2 Å². The Balaban J connectivity index is 2.14. The SMILES string of the molecule is CN(C)CCC(OC1=CCC(C)(C(F)(F)F)C=C1)c1cccc(F)c1. The minimum absolute atomic E-state index is 0.175. The zero-order valence-electron chi connectivity index (χ0n) is 14.6. The van der Waals surface area contributed by atoms with Crippen LogP contribution in [0.3, 0.4) is 0 Å². The quantitative estimate of drug-likeness (QED) is 0.645. The average molecular weight is 357 g/mol. The number of ether oxygens (including phenoxy) is 1. The van der Waals surface area contributed by atoms with Gasteiger partial charge in [0.05, 0.1) is 5.41 Å². The number of hydrogen-bond acceptors (Lipinski definition) is 2. The van der Waals surface area contributed by atoms with Crippen LogP contribution in [-0.2, 0) is 4.74 Å². The topological polar surface area (TPSA) is 12.5 Å². The first kappa shape index (κ1) is 19.5. The molecule has 2 unspecified atom stereocenters. The fraction of sp³-hybridized carbons (Fsp3) is 0.474. The smallest absolute Gasteiger partial charge is 0.397 e. The molecule has 0 radical (unpaired) electrons. The molecule has 0 aliphatic heterocycles. The minimum atomic E-state index is -4.31. The van der Waals surface area contributed by atoms with Gasteiger partial charge in [0.2, 0.25) is 0 Å². The highest BCUT2D eigenvalue weighted by Gasteiger charge is 2.49. The predicted octanol–water partition coefficient (Wildman–Crippen LogP) is 5.25. The summed E-state index contributed by atoms with van der Waals surface area (Å²) in [5, 5.41) is 0. The Morgan fingerprint density at radius 3 is 2.52 bits per heavy atom. The first-order chi connectivity index (χ1) is 11.6. The van der Waals surface area contributed by atoms with Crippen LogP contribution in [-0.4, -0.2) is 31.7 Å². The van der Waals surface area contributed by atoms with Crippen molar-refractivity contribution in [2.24, 2.45) is 5.41 Å². The van der Waals surface area contributed by atoms with Crippen LogP contribution in [0.25, 0.3) is 0 Å². The second-order valence-electron chi connectivity index (χ2n) is 6.81. The van der Waals surface area contributed by atoms with Gasteiger partial charge < -0.3 is 9.64 Å². The lowest BCUT2D eigenvalue weighted by atomic mass is 9.83. The third-order valence-electron chi connectivity index (χ3n) is 4.33. The molecule has 6 heteroatoms. The van der Waals surface area contributed by atoms with E-state index in [0.29, 0.717) is 24.3 Å². The van der Waals surface area contributed by atoms with Crippen LogP contribution in [0.4, 0.5) is 17.6 Å². The molecule has 0 N–H and O–H groups in total. The summed E-state index contributed by atoms with van der Waals surface area (Å²) in [6.07, 6.45) is -0.363. The van der Waals surface area contributed by atoms with Crippen molar-refractivity contribution in [3.8, 4) is 0 Å². The van der Waals surface area contributed by atoms with Gasteiger partial charge in [-0.25, -0.2) is 4.39 Å². The maximum atomic E-state index is 13.5. The second-order valence-corrected chi connectivity index (χ2v) is 6.81. The molecule has 25 heavy (non-hydrogen) atoms. The molecule has 1 aliphatic rings. The molecule has 0 amide bonds. The number of halogens is 4. The van der Waals surface area contributed by atoms with Gasteiger partial charge in [0, 0.05) is 13.0 Å². The van der Waals surface area contributed by atoms with Crippen LogP contribution in [0.15, 0.2) is 48.3 Å². The Kier molecular flexibility index (Phi) is 5.93. The fourth-order valence-corrected chi connectivity index (χ4v) is 2.55. The molecule has 2 rings (SSSR count). The van der Waals surface area contributed by atoms with E-state index in [4.69, 9.17) is 4.74 Å². The first-order valence-corrected chi connectivity index (χ1v) is 8.14. The van der Waals surface area contributed by atoms with Crippen LogP contribution < -0.4 is 0 Å². The van der Waals surface area contributed by atoms with Gasteiger partial charge in [-0.2, -0.15) is 13.2 Å². The van der Waals surface area contributed by atoms with Gasteiger partial charge in [0.1, 0.15) is 17.7 Å². The van der Waals surface area contributed by atoms with Crippen molar-refractivity contribution in [1.82, 2.24) is 4.90 Å². The van der Waals surface area contributed by atoms with E-state index in [1.807, 2.05) is 19.0 Å². The number of alkyl halides is 3. The Labute approximate surface area is 145 Å². The third-order valence-corrected chi connectivity index (χ3v) is 4.33. The summed E-state index contributed by atoms with van der Waals surface area (Å²) in [4.78, 5) is 1.97. The maximum absolute atomic E-state index is 13.5. The molecule has 0 fully saturated rings. The molecule has 2 nitrogen and oxygen atoms in total. The molecule has 2 atom stereocenters. The maximum Gasteiger partial charge on any atom is 0.397 e. The largest absolute Gasteiger partial charge is 0.486 e. The lowest BCUT2D eigenvalue weighted by molar-refractivity contribution is -0.199. The number of nitrogens with zero attached hydrogens (tertiary/aromatic N) is 1. The molecular formula is C19H23F4NO. The van der Waals surface area contributed by atoms with E-state index >= 15 is 0 Å². The van der Waals surface area contributed by atoms with E-state index in [1.165, 1.54) is 24.3 Å². The Morgan fingerprint density at radius 2 is 2.00 bits per heavy atom. The zero-order valence-corrected chi connectivity index (χ0v) is 14.6. The van der Waals surface area contributed by atoms with Crippen molar-refractivity contribution in [1.29, 1.82) is 0 Å². The van der Waals surface area contributed by atoms with Crippen molar-refractivity contribution < 1.29 is 22.3 Å². The lowest BCUT2D eigenvalue weighted by Crippen LogP contribution is -2.34. The molecule has 138 valence electrons. The molecule has 0 bridgehead atoms. The van der Waals surface area contributed by atoms with Gasteiger partial charge in [-0.15, -0.1) is 0 Å². The van der Waals surface area contributed by atoms with Gasteiger partial charge in [-0.05, 0) is 57.3 Å². The minimum Gasteiger partial charge on any atom is -0.486 e. The lowest BCUT2D eigenvalue weighted by Gasteiger charge is -2.31. The summed E-state index contributed by atoms with van der Waals surface area (Å²) in [6.45, 7) is 1.87. The molecule has 0 saturated carbocycles. The molecule has 0 spiro atoms. The molecule has 1 aromatic carbocycles. The van der Waals surface area contributed by atoms with E-state index in [0.717, 1.165) is 13.0 Å². The molecule has 1 aliphatic carbocycles. The number of rotatable bonds is 6. The summed E-state index contributed by atoms with van der Waals surface area (Å²) >= 11 is 0. The standard InChI is InChI=1S/C19H23F4NO/c1-18(19(21,22)23)10-7-16(8-11-18)25-17(9-12-24(2)3)14-5-4-6-15(20)13-14/h4-8,10,13,17H,9,11-12H2,1-3H3. The summed E-state index contributed by atoms with van der Waals surface area (Å²) in [6, 6.07) is 6.10. The summed E-state index contributed by atoms with van der Waals surface area (Å²) in [5.41, 5.74) is -1.21. The number of allylic oxidation sites excluding steroid dienone is 3. The summed E-state index contributed by atoms with van der Waals surface area (Å²) in [5.74, 6) is 0.0171. The van der Waals surface area contributed by atoms with Crippen LogP contribution in [0.5, 0.6) is 0 Å². The van der Waals surface area contributed by atoms with Gasteiger partial charge in [-0.3, -0.25) is 0 Å². The average Bonchev–Trinajstić information content (AvgIpc) is 2.52. The molecular weight excluding hydrogens is 334 g/mol. The van der Waals surface area contributed by atoms with Crippen LogP contribution in [0, 0.1) is 11.2 Å². The van der Waals surface area contributed by atoms with E-state index in [9.17, 15) is 17.6 Å². The van der Waals surface area contributed by atoms with Crippen molar-refractivity contribution >= 4 is 0 Å². The van der Waals surface area contributed by atoms with Crippen molar-refractivity contribution in [2.75, 3.05) is 20.6 Å². The van der Waals surface area contributed by atoms with Crippen molar-refractivity contribution in [3.05, 3.63) is 59.6 Å². The Hall–Kier alpha value is -1.82. The van der Waals surface area contributed by atoms with Crippen LogP contribution in [0.2, 0.25) is 0 Å². The normalized spacial score (nSPS) is 22.0. The zero-order chi connectivity index (χ0) is 18.7. The fourth-order valence-electron chi connectivity index (χ4n) is 2.55. The van der Waals surface area contributed by atoms with Gasteiger partial charge >= 0.3 is 6.18 Å². The van der Waals surface area contributed by atoms with Gasteiger partial charge in [0.15, 0.2) is 0 Å². The summed E-state index contributed by atoms with van der Waals surface area (Å²) in [7, 11) is 3.83. The third kappa shape index (κ3) is 5.08. The van der Waals surface area contributed by atoms with Crippen LogP contribution in [0.1, 0.15) is 31.4 Å². The predicted molar refractivity (Wildman–Crippen MR) is 89.4 cm³/mol. The highest BCUT2D eigenvalue weighted by Crippen LogP contribution is 2.45. The van der Waals surface area contributed by atoms with E-state index in [-0.39, 0.29) is 12.2 Å². The van der Waals surface area contributed by atoms with Crippen molar-refractivity contribution in [2.45, 2.75) is 32.0 Å². The molecule has 0 heterocycles. The monoisotopic (exact) mass is 357 g/mol. The Morgan fingerprint density at radius 1 is 1.28 bits per heavy atom.